The highest BCUT2D eigenvalue weighted by Crippen LogP contribution is 2.23. The van der Waals surface area contributed by atoms with Crippen LogP contribution in [0.15, 0.2) is 42.6 Å². The maximum absolute atomic E-state index is 13.1. The van der Waals surface area contributed by atoms with Gasteiger partial charge in [0, 0.05) is 56.7 Å². The van der Waals surface area contributed by atoms with Gasteiger partial charge in [-0.25, -0.2) is 4.98 Å². The molecule has 1 aromatic heterocycles. The molecule has 148 valence electrons. The van der Waals surface area contributed by atoms with Gasteiger partial charge in [0.1, 0.15) is 5.82 Å². The quantitative estimate of drug-likeness (QED) is 0.818. The molecule has 0 aliphatic carbocycles. The number of piperidine rings is 1. The van der Waals surface area contributed by atoms with Gasteiger partial charge in [0.15, 0.2) is 0 Å². The lowest BCUT2D eigenvalue weighted by Gasteiger charge is -2.36. The van der Waals surface area contributed by atoms with Gasteiger partial charge in [0.25, 0.3) is 5.91 Å². The van der Waals surface area contributed by atoms with E-state index in [2.05, 4.69) is 52.9 Å². The predicted molar refractivity (Wildman–Crippen MR) is 114 cm³/mol. The fraction of sp³-hybridized carbons (Fsp3) is 0.478. The molecule has 2 aliphatic rings. The molecule has 0 bridgehead atoms. The number of amides is 1. The van der Waals surface area contributed by atoms with E-state index in [0.29, 0.717) is 5.92 Å². The molecule has 5 heteroatoms. The molecule has 2 saturated heterocycles. The minimum atomic E-state index is 0.123. The molecule has 0 saturated carbocycles. The normalized spacial score (nSPS) is 20.4. The van der Waals surface area contributed by atoms with E-state index in [0.717, 1.165) is 50.6 Å². The summed E-state index contributed by atoms with van der Waals surface area (Å²) in [7, 11) is 0. The number of nitrogens with zero attached hydrogens (tertiary/aromatic N) is 4. The fourth-order valence-corrected chi connectivity index (χ4v) is 4.30. The Bertz CT molecular complexity index is 829. The zero-order valence-electron chi connectivity index (χ0n) is 17.0. The first-order valence-corrected chi connectivity index (χ1v) is 10.4. The van der Waals surface area contributed by atoms with Crippen LogP contribution in [-0.2, 0) is 0 Å². The molecule has 1 atom stereocenters. The molecule has 1 aromatic carbocycles. The minimum absolute atomic E-state index is 0.123. The van der Waals surface area contributed by atoms with Gasteiger partial charge >= 0.3 is 0 Å². The van der Waals surface area contributed by atoms with Gasteiger partial charge in [-0.1, -0.05) is 19.1 Å². The van der Waals surface area contributed by atoms with Crippen LogP contribution < -0.4 is 9.80 Å². The number of benzene rings is 1. The van der Waals surface area contributed by atoms with Crippen LogP contribution in [0, 0.1) is 12.8 Å². The molecule has 2 aliphatic heterocycles. The molecule has 1 amide bonds. The molecule has 1 unspecified atom stereocenters. The number of aromatic nitrogens is 1. The third-order valence-electron chi connectivity index (χ3n) is 5.91. The molecular weight excluding hydrogens is 348 g/mol. The van der Waals surface area contributed by atoms with Crippen molar-refractivity contribution in [2.75, 3.05) is 49.1 Å². The zero-order valence-corrected chi connectivity index (χ0v) is 17.0. The van der Waals surface area contributed by atoms with E-state index in [1.54, 1.807) is 6.20 Å². The van der Waals surface area contributed by atoms with E-state index in [1.807, 2.05) is 17.0 Å². The first kappa shape index (κ1) is 18.8. The molecule has 3 heterocycles. The number of piperazine rings is 1. The fourth-order valence-electron chi connectivity index (χ4n) is 4.30. The monoisotopic (exact) mass is 378 g/mol. The third kappa shape index (κ3) is 4.13. The Morgan fingerprint density at radius 2 is 1.86 bits per heavy atom. The van der Waals surface area contributed by atoms with Gasteiger partial charge in [-0.05, 0) is 55.5 Å². The highest BCUT2D eigenvalue weighted by molar-refractivity contribution is 5.95. The van der Waals surface area contributed by atoms with Gasteiger partial charge in [0.05, 0.1) is 0 Å². The number of carbonyl (C=O) groups excluding carboxylic acids is 1. The molecule has 4 rings (SSSR count). The molecule has 2 fully saturated rings. The van der Waals surface area contributed by atoms with Crippen molar-refractivity contribution in [1.82, 2.24) is 9.88 Å². The number of rotatable bonds is 3. The number of anilines is 2. The Labute approximate surface area is 168 Å². The highest BCUT2D eigenvalue weighted by atomic mass is 16.2. The van der Waals surface area contributed by atoms with Gasteiger partial charge < -0.3 is 14.7 Å². The Balaban J connectivity index is 1.41. The van der Waals surface area contributed by atoms with Crippen LogP contribution in [0.2, 0.25) is 0 Å². The number of pyridine rings is 1. The van der Waals surface area contributed by atoms with Gasteiger partial charge in [-0.15, -0.1) is 0 Å². The van der Waals surface area contributed by atoms with Crippen molar-refractivity contribution in [2.24, 2.45) is 5.92 Å². The van der Waals surface area contributed by atoms with Crippen LogP contribution in [0.1, 0.15) is 35.7 Å². The maximum Gasteiger partial charge on any atom is 0.254 e. The second kappa shape index (κ2) is 8.21. The van der Waals surface area contributed by atoms with Crippen molar-refractivity contribution in [1.29, 1.82) is 0 Å². The van der Waals surface area contributed by atoms with Gasteiger partial charge in [0.2, 0.25) is 0 Å². The van der Waals surface area contributed by atoms with Crippen LogP contribution in [0.5, 0.6) is 0 Å². The topological polar surface area (TPSA) is 39.7 Å². The van der Waals surface area contributed by atoms with Crippen molar-refractivity contribution in [3.05, 3.63) is 53.7 Å². The summed E-state index contributed by atoms with van der Waals surface area (Å²) in [5.41, 5.74) is 3.28. The Morgan fingerprint density at radius 3 is 2.61 bits per heavy atom. The summed E-state index contributed by atoms with van der Waals surface area (Å²) in [6, 6.07) is 12.4. The number of carbonyl (C=O) groups is 1. The second-order valence-corrected chi connectivity index (χ2v) is 8.21. The summed E-state index contributed by atoms with van der Waals surface area (Å²) in [5, 5.41) is 0. The van der Waals surface area contributed by atoms with Crippen molar-refractivity contribution >= 4 is 17.4 Å². The predicted octanol–water partition coefficient (Wildman–Crippen LogP) is 3.59. The number of aryl methyl sites for hydroxylation is 1. The Kier molecular flexibility index (Phi) is 5.51. The van der Waals surface area contributed by atoms with Crippen LogP contribution >= 0.6 is 0 Å². The lowest BCUT2D eigenvalue weighted by Crippen LogP contribution is -2.48. The summed E-state index contributed by atoms with van der Waals surface area (Å²) in [5.74, 6) is 1.75. The van der Waals surface area contributed by atoms with E-state index in [9.17, 15) is 4.79 Å². The van der Waals surface area contributed by atoms with Crippen LogP contribution in [0.4, 0.5) is 11.5 Å². The van der Waals surface area contributed by atoms with Gasteiger partial charge in [-0.2, -0.15) is 0 Å². The van der Waals surface area contributed by atoms with E-state index in [-0.39, 0.29) is 5.91 Å². The van der Waals surface area contributed by atoms with Crippen LogP contribution in [0.3, 0.4) is 0 Å². The molecule has 5 nitrogen and oxygen atoms in total. The zero-order chi connectivity index (χ0) is 19.5. The van der Waals surface area contributed by atoms with E-state index in [4.69, 9.17) is 0 Å². The molecular formula is C23H30N4O. The standard InChI is InChI=1S/C23H30N4O/c1-18-5-3-7-21(15-18)25-11-13-26(14-12-25)23(28)20-8-9-24-22(16-20)27-10-4-6-19(2)17-27/h3,5,7-9,15-16,19H,4,6,10-14,17H2,1-2H3. The van der Waals surface area contributed by atoms with Crippen LogP contribution in [0.25, 0.3) is 0 Å². The first-order chi connectivity index (χ1) is 13.6. The first-order valence-electron chi connectivity index (χ1n) is 10.4. The smallest absolute Gasteiger partial charge is 0.254 e. The average Bonchev–Trinajstić information content (AvgIpc) is 2.73. The minimum Gasteiger partial charge on any atom is -0.368 e. The molecule has 28 heavy (non-hydrogen) atoms. The SMILES string of the molecule is Cc1cccc(N2CCN(C(=O)c3ccnc(N4CCCC(C)C4)c3)CC2)c1. The average molecular weight is 379 g/mol. The summed E-state index contributed by atoms with van der Waals surface area (Å²) < 4.78 is 0. The highest BCUT2D eigenvalue weighted by Gasteiger charge is 2.24. The van der Waals surface area contributed by atoms with Gasteiger partial charge in [-0.3, -0.25) is 4.79 Å². The van der Waals surface area contributed by atoms with Crippen LogP contribution in [-0.4, -0.2) is 55.1 Å². The lowest BCUT2D eigenvalue weighted by molar-refractivity contribution is 0.0746. The van der Waals surface area contributed by atoms with E-state index < -0.39 is 0 Å². The lowest BCUT2D eigenvalue weighted by atomic mass is 10.0. The number of hydrogen-bond donors (Lipinski definition) is 0. The third-order valence-corrected chi connectivity index (χ3v) is 5.91. The maximum atomic E-state index is 13.1. The summed E-state index contributed by atoms with van der Waals surface area (Å²) in [4.78, 5) is 24.3. The largest absolute Gasteiger partial charge is 0.368 e. The van der Waals surface area contributed by atoms with E-state index >= 15 is 0 Å². The second-order valence-electron chi connectivity index (χ2n) is 8.21. The summed E-state index contributed by atoms with van der Waals surface area (Å²) in [6.07, 6.45) is 4.26. The van der Waals surface area contributed by atoms with Crippen molar-refractivity contribution in [2.45, 2.75) is 26.7 Å². The summed E-state index contributed by atoms with van der Waals surface area (Å²) in [6.45, 7) is 9.72. The van der Waals surface area contributed by atoms with Crippen molar-refractivity contribution in [3.8, 4) is 0 Å². The molecule has 0 N–H and O–H groups in total. The van der Waals surface area contributed by atoms with Crippen molar-refractivity contribution < 1.29 is 4.79 Å². The van der Waals surface area contributed by atoms with E-state index in [1.165, 1.54) is 24.1 Å². The molecule has 2 aromatic rings. The Morgan fingerprint density at radius 1 is 1.04 bits per heavy atom. The van der Waals surface area contributed by atoms with Crippen molar-refractivity contribution in [3.63, 3.8) is 0 Å². The molecule has 0 radical (unpaired) electrons. The number of hydrogen-bond acceptors (Lipinski definition) is 4. The summed E-state index contributed by atoms with van der Waals surface area (Å²) >= 11 is 0. The Hall–Kier alpha value is -2.56. The molecule has 0 spiro atoms.